The van der Waals surface area contributed by atoms with Crippen molar-refractivity contribution in [2.45, 2.75) is 32.7 Å². The lowest BCUT2D eigenvalue weighted by atomic mass is 9.94. The molecule has 0 spiro atoms. The predicted molar refractivity (Wildman–Crippen MR) is 96.9 cm³/mol. The Morgan fingerprint density at radius 1 is 1.00 bits per heavy atom. The molecule has 0 bridgehead atoms. The molecule has 23 heavy (non-hydrogen) atoms. The lowest BCUT2D eigenvalue weighted by Gasteiger charge is -2.36. The van der Waals surface area contributed by atoms with Gasteiger partial charge in [-0.1, -0.05) is 32.0 Å². The molecule has 1 aliphatic heterocycles. The fourth-order valence-electron chi connectivity index (χ4n) is 3.50. The highest BCUT2D eigenvalue weighted by Crippen LogP contribution is 2.31. The maximum atomic E-state index is 9.64. The van der Waals surface area contributed by atoms with Gasteiger partial charge in [0.05, 0.1) is 0 Å². The number of phenolic OH excluding ortho intramolecular Hbond substituents is 1. The number of nitrogens with zero attached hydrogens (tertiary/aromatic N) is 1. The molecule has 2 aromatic rings. The summed E-state index contributed by atoms with van der Waals surface area (Å²) in [5, 5.41) is 15.4. The van der Waals surface area contributed by atoms with Crippen molar-refractivity contribution in [1.29, 1.82) is 0 Å². The van der Waals surface area contributed by atoms with Crippen molar-refractivity contribution in [3.05, 3.63) is 42.0 Å². The van der Waals surface area contributed by atoms with Crippen LogP contribution in [0.5, 0.6) is 5.75 Å². The molecule has 1 aliphatic rings. The van der Waals surface area contributed by atoms with Crippen LogP contribution < -0.4 is 5.32 Å². The van der Waals surface area contributed by atoms with Gasteiger partial charge in [-0.3, -0.25) is 4.90 Å². The standard InChI is InChI=1S/C20H28N2O/c1-15(2)3-8-20(22-11-9-21-10-12-22)18-5-4-17-14-19(23)7-6-16(17)13-18/h4-7,13-15,20-21,23H,3,8-12H2,1-2H3/t20-/m0/s1. The van der Waals surface area contributed by atoms with Gasteiger partial charge in [0.2, 0.25) is 0 Å². The van der Waals surface area contributed by atoms with E-state index >= 15 is 0 Å². The molecule has 0 saturated carbocycles. The third kappa shape index (κ3) is 4.04. The first kappa shape index (κ1) is 16.3. The van der Waals surface area contributed by atoms with Crippen LogP contribution in [-0.4, -0.2) is 36.2 Å². The minimum absolute atomic E-state index is 0.337. The highest BCUT2D eigenvalue weighted by Gasteiger charge is 2.22. The molecule has 3 rings (SSSR count). The average molecular weight is 312 g/mol. The van der Waals surface area contributed by atoms with E-state index in [1.165, 1.54) is 23.8 Å². The van der Waals surface area contributed by atoms with Crippen LogP contribution in [0.25, 0.3) is 10.8 Å². The number of hydrogen-bond acceptors (Lipinski definition) is 3. The molecule has 0 amide bonds. The number of phenols is 1. The van der Waals surface area contributed by atoms with Crippen molar-refractivity contribution in [2.24, 2.45) is 5.92 Å². The summed E-state index contributed by atoms with van der Waals surface area (Å²) in [6.07, 6.45) is 2.46. The molecule has 124 valence electrons. The topological polar surface area (TPSA) is 35.5 Å². The molecule has 0 aliphatic carbocycles. The maximum Gasteiger partial charge on any atom is 0.116 e. The fraction of sp³-hybridized carbons (Fsp3) is 0.500. The Morgan fingerprint density at radius 2 is 1.70 bits per heavy atom. The van der Waals surface area contributed by atoms with Gasteiger partial charge in [-0.2, -0.15) is 0 Å². The van der Waals surface area contributed by atoms with Crippen LogP contribution in [0.15, 0.2) is 36.4 Å². The number of nitrogens with one attached hydrogen (secondary N) is 1. The number of piperazine rings is 1. The molecule has 1 atom stereocenters. The monoisotopic (exact) mass is 312 g/mol. The maximum absolute atomic E-state index is 9.64. The Kier molecular flexibility index (Phi) is 5.19. The number of benzene rings is 2. The zero-order valence-electron chi connectivity index (χ0n) is 14.3. The molecule has 0 unspecified atom stereocenters. The molecular weight excluding hydrogens is 284 g/mol. The van der Waals surface area contributed by atoms with Gasteiger partial charge < -0.3 is 10.4 Å². The molecular formula is C20H28N2O. The van der Waals surface area contributed by atoms with Gasteiger partial charge >= 0.3 is 0 Å². The largest absolute Gasteiger partial charge is 0.508 e. The highest BCUT2D eigenvalue weighted by atomic mass is 16.3. The van der Waals surface area contributed by atoms with Gasteiger partial charge in [0.1, 0.15) is 5.75 Å². The van der Waals surface area contributed by atoms with Gasteiger partial charge in [-0.25, -0.2) is 0 Å². The first-order chi connectivity index (χ1) is 11.1. The van der Waals surface area contributed by atoms with Gasteiger partial charge in [0, 0.05) is 32.2 Å². The van der Waals surface area contributed by atoms with Crippen molar-refractivity contribution in [2.75, 3.05) is 26.2 Å². The second kappa shape index (κ2) is 7.33. The second-order valence-electron chi connectivity index (χ2n) is 7.06. The second-order valence-corrected chi connectivity index (χ2v) is 7.06. The van der Waals surface area contributed by atoms with Gasteiger partial charge in [-0.15, -0.1) is 0 Å². The lowest BCUT2D eigenvalue weighted by molar-refractivity contribution is 0.160. The van der Waals surface area contributed by atoms with Crippen LogP contribution in [0.4, 0.5) is 0 Å². The third-order valence-corrected chi connectivity index (χ3v) is 4.84. The summed E-state index contributed by atoms with van der Waals surface area (Å²) < 4.78 is 0. The molecule has 3 nitrogen and oxygen atoms in total. The summed E-state index contributed by atoms with van der Waals surface area (Å²) in [5.74, 6) is 1.07. The van der Waals surface area contributed by atoms with Crippen molar-refractivity contribution >= 4 is 10.8 Å². The molecule has 2 aromatic carbocycles. The summed E-state index contributed by atoms with van der Waals surface area (Å²) >= 11 is 0. The molecule has 0 radical (unpaired) electrons. The number of rotatable bonds is 5. The smallest absolute Gasteiger partial charge is 0.116 e. The Morgan fingerprint density at radius 3 is 2.43 bits per heavy atom. The Labute approximate surface area is 139 Å². The summed E-state index contributed by atoms with van der Waals surface area (Å²) in [6.45, 7) is 9.02. The van der Waals surface area contributed by atoms with E-state index in [-0.39, 0.29) is 0 Å². The first-order valence-corrected chi connectivity index (χ1v) is 8.81. The number of fused-ring (bicyclic) bond motifs is 1. The molecule has 3 heteroatoms. The van der Waals surface area contributed by atoms with E-state index in [0.717, 1.165) is 37.5 Å². The van der Waals surface area contributed by atoms with E-state index in [0.29, 0.717) is 11.8 Å². The molecule has 2 N–H and O–H groups in total. The van der Waals surface area contributed by atoms with Crippen molar-refractivity contribution < 1.29 is 5.11 Å². The zero-order valence-corrected chi connectivity index (χ0v) is 14.3. The SMILES string of the molecule is CC(C)CC[C@@H](c1ccc2cc(O)ccc2c1)N1CCNCC1. The zero-order chi connectivity index (χ0) is 16.2. The van der Waals surface area contributed by atoms with Crippen molar-refractivity contribution in [3.63, 3.8) is 0 Å². The Balaban J connectivity index is 1.89. The quantitative estimate of drug-likeness (QED) is 0.878. The summed E-state index contributed by atoms with van der Waals surface area (Å²) in [4.78, 5) is 2.63. The minimum Gasteiger partial charge on any atom is -0.508 e. The first-order valence-electron chi connectivity index (χ1n) is 8.81. The van der Waals surface area contributed by atoms with Gasteiger partial charge in [0.25, 0.3) is 0 Å². The molecule has 1 saturated heterocycles. The lowest BCUT2D eigenvalue weighted by Crippen LogP contribution is -2.45. The minimum atomic E-state index is 0.337. The van der Waals surface area contributed by atoms with E-state index in [1.807, 2.05) is 12.1 Å². The van der Waals surface area contributed by atoms with Gasteiger partial charge in [-0.05, 0) is 53.3 Å². The average Bonchev–Trinajstić information content (AvgIpc) is 2.56. The van der Waals surface area contributed by atoms with Gasteiger partial charge in [0.15, 0.2) is 0 Å². The molecule has 1 fully saturated rings. The van der Waals surface area contributed by atoms with E-state index in [4.69, 9.17) is 0 Å². The predicted octanol–water partition coefficient (Wildman–Crippen LogP) is 3.93. The van der Waals surface area contributed by atoms with Crippen LogP contribution in [0.1, 0.15) is 38.3 Å². The van der Waals surface area contributed by atoms with Crippen molar-refractivity contribution in [1.82, 2.24) is 10.2 Å². The summed E-state index contributed by atoms with van der Waals surface area (Å²) in [5.41, 5.74) is 1.41. The van der Waals surface area contributed by atoms with E-state index in [1.54, 1.807) is 6.07 Å². The summed E-state index contributed by atoms with van der Waals surface area (Å²) in [6, 6.07) is 12.8. The van der Waals surface area contributed by atoms with Crippen LogP contribution in [0.3, 0.4) is 0 Å². The van der Waals surface area contributed by atoms with Crippen LogP contribution in [0, 0.1) is 5.92 Å². The third-order valence-electron chi connectivity index (χ3n) is 4.84. The fourth-order valence-corrected chi connectivity index (χ4v) is 3.50. The summed E-state index contributed by atoms with van der Waals surface area (Å²) in [7, 11) is 0. The van der Waals surface area contributed by atoms with Crippen LogP contribution in [0.2, 0.25) is 0 Å². The number of hydrogen-bond donors (Lipinski definition) is 2. The van der Waals surface area contributed by atoms with Crippen molar-refractivity contribution in [3.8, 4) is 5.75 Å². The van der Waals surface area contributed by atoms with E-state index in [2.05, 4.69) is 42.3 Å². The Hall–Kier alpha value is -1.58. The normalized spacial score (nSPS) is 17.7. The van der Waals surface area contributed by atoms with E-state index < -0.39 is 0 Å². The Bertz CT molecular complexity index is 647. The molecule has 0 aromatic heterocycles. The van der Waals surface area contributed by atoms with E-state index in [9.17, 15) is 5.11 Å². The highest BCUT2D eigenvalue weighted by molar-refractivity contribution is 5.84. The van der Waals surface area contributed by atoms with Crippen LogP contribution >= 0.6 is 0 Å². The van der Waals surface area contributed by atoms with Crippen LogP contribution in [-0.2, 0) is 0 Å². The number of aromatic hydroxyl groups is 1. The molecule has 1 heterocycles.